The molecule has 1 aromatic carbocycles. The number of hydrogen-bond donors (Lipinski definition) is 1. The Hall–Kier alpha value is -2.73. The Morgan fingerprint density at radius 2 is 2.14 bits per heavy atom. The van der Waals surface area contributed by atoms with Gasteiger partial charge in [0.05, 0.1) is 11.6 Å². The SMILES string of the molecule is NC(=O)COc1c(-c2ccco2)oc2ccc(Cl)cc2c1=O. The summed E-state index contributed by atoms with van der Waals surface area (Å²) in [5.74, 6) is -0.473. The largest absolute Gasteiger partial charge is 0.476 e. The van der Waals surface area contributed by atoms with Crippen LogP contribution >= 0.6 is 11.6 Å². The minimum Gasteiger partial charge on any atom is -0.476 e. The van der Waals surface area contributed by atoms with Crippen LogP contribution in [0.2, 0.25) is 5.02 Å². The second-order valence-electron chi connectivity index (χ2n) is 4.46. The number of furan rings is 1. The topological polar surface area (TPSA) is 95.7 Å². The number of nitrogens with two attached hydrogens (primary N) is 1. The van der Waals surface area contributed by atoms with Gasteiger partial charge in [0.15, 0.2) is 12.4 Å². The van der Waals surface area contributed by atoms with Crippen molar-refractivity contribution in [3.05, 3.63) is 51.8 Å². The van der Waals surface area contributed by atoms with Gasteiger partial charge in [0.1, 0.15) is 5.58 Å². The first-order valence-corrected chi connectivity index (χ1v) is 6.65. The summed E-state index contributed by atoms with van der Waals surface area (Å²) < 4.78 is 16.1. The van der Waals surface area contributed by atoms with Crippen molar-refractivity contribution in [2.45, 2.75) is 0 Å². The van der Waals surface area contributed by atoms with Crippen LogP contribution in [0.3, 0.4) is 0 Å². The van der Waals surface area contributed by atoms with Crippen molar-refractivity contribution >= 4 is 28.5 Å². The lowest BCUT2D eigenvalue weighted by molar-refractivity contribution is -0.119. The molecule has 1 amide bonds. The third kappa shape index (κ3) is 2.56. The molecule has 3 aromatic rings. The first-order chi connectivity index (χ1) is 10.6. The van der Waals surface area contributed by atoms with Crippen LogP contribution in [-0.2, 0) is 4.79 Å². The number of hydrogen-bond acceptors (Lipinski definition) is 5. The predicted molar refractivity (Wildman–Crippen MR) is 79.9 cm³/mol. The molecule has 22 heavy (non-hydrogen) atoms. The Balaban J connectivity index is 2.27. The number of primary amides is 1. The number of halogens is 1. The van der Waals surface area contributed by atoms with E-state index in [1.807, 2.05) is 0 Å². The molecule has 0 aliphatic heterocycles. The zero-order valence-electron chi connectivity index (χ0n) is 11.2. The van der Waals surface area contributed by atoms with Gasteiger partial charge >= 0.3 is 0 Å². The summed E-state index contributed by atoms with van der Waals surface area (Å²) in [5, 5.41) is 0.619. The van der Waals surface area contributed by atoms with E-state index in [0.717, 1.165) is 0 Å². The quantitative estimate of drug-likeness (QED) is 0.797. The summed E-state index contributed by atoms with van der Waals surface area (Å²) >= 11 is 5.90. The molecule has 2 N–H and O–H groups in total. The van der Waals surface area contributed by atoms with Crippen molar-refractivity contribution in [2.75, 3.05) is 6.61 Å². The lowest BCUT2D eigenvalue weighted by Gasteiger charge is -2.09. The molecule has 0 bridgehead atoms. The fourth-order valence-electron chi connectivity index (χ4n) is 1.99. The zero-order chi connectivity index (χ0) is 15.7. The summed E-state index contributed by atoms with van der Waals surface area (Å²) in [6.07, 6.45) is 1.43. The van der Waals surface area contributed by atoms with Crippen LogP contribution in [-0.4, -0.2) is 12.5 Å². The lowest BCUT2D eigenvalue weighted by Crippen LogP contribution is -2.22. The highest BCUT2D eigenvalue weighted by Crippen LogP contribution is 2.31. The highest BCUT2D eigenvalue weighted by atomic mass is 35.5. The summed E-state index contributed by atoms with van der Waals surface area (Å²) in [5.41, 5.74) is 4.92. The Bertz CT molecular complexity index is 898. The number of carbonyl (C=O) groups is 1. The van der Waals surface area contributed by atoms with E-state index in [1.165, 1.54) is 12.3 Å². The Morgan fingerprint density at radius 1 is 1.32 bits per heavy atom. The molecule has 2 aromatic heterocycles. The van der Waals surface area contributed by atoms with Crippen LogP contribution < -0.4 is 15.9 Å². The number of carbonyl (C=O) groups excluding carboxylic acids is 1. The van der Waals surface area contributed by atoms with Gasteiger partial charge in [-0.2, -0.15) is 0 Å². The Kier molecular flexibility index (Phi) is 3.60. The van der Waals surface area contributed by atoms with E-state index in [2.05, 4.69) is 0 Å². The molecule has 0 saturated carbocycles. The standard InChI is InChI=1S/C15H10ClNO5/c16-8-3-4-10-9(6-8)13(19)15(21-7-12(17)18)14(22-10)11-2-1-5-20-11/h1-6H,7H2,(H2,17,18). The molecule has 7 heteroatoms. The average molecular weight is 320 g/mol. The number of fused-ring (bicyclic) bond motifs is 1. The van der Waals surface area contributed by atoms with Gasteiger partial charge in [-0.3, -0.25) is 9.59 Å². The highest BCUT2D eigenvalue weighted by molar-refractivity contribution is 6.31. The summed E-state index contributed by atoms with van der Waals surface area (Å²) in [4.78, 5) is 23.5. The highest BCUT2D eigenvalue weighted by Gasteiger charge is 2.20. The van der Waals surface area contributed by atoms with Gasteiger partial charge in [-0.05, 0) is 30.3 Å². The first kappa shape index (κ1) is 14.2. The maximum Gasteiger partial charge on any atom is 0.255 e. The normalized spacial score (nSPS) is 10.8. The van der Waals surface area contributed by atoms with E-state index in [1.54, 1.807) is 24.3 Å². The molecule has 6 nitrogen and oxygen atoms in total. The molecule has 0 saturated heterocycles. The van der Waals surface area contributed by atoms with Crippen LogP contribution in [0.5, 0.6) is 5.75 Å². The molecule has 2 heterocycles. The number of amides is 1. The van der Waals surface area contributed by atoms with Gasteiger partial charge in [0, 0.05) is 5.02 Å². The van der Waals surface area contributed by atoms with Gasteiger partial charge in [-0.1, -0.05) is 11.6 Å². The molecule has 0 aliphatic carbocycles. The Morgan fingerprint density at radius 3 is 2.82 bits per heavy atom. The summed E-state index contributed by atoms with van der Waals surface area (Å²) in [6.45, 7) is -0.454. The molecule has 0 unspecified atom stereocenters. The van der Waals surface area contributed by atoms with E-state index in [4.69, 9.17) is 30.9 Å². The summed E-state index contributed by atoms with van der Waals surface area (Å²) in [6, 6.07) is 7.88. The molecular weight excluding hydrogens is 310 g/mol. The number of ether oxygens (including phenoxy) is 1. The van der Waals surface area contributed by atoms with E-state index in [-0.39, 0.29) is 16.9 Å². The fourth-order valence-corrected chi connectivity index (χ4v) is 2.17. The van der Waals surface area contributed by atoms with E-state index in [9.17, 15) is 9.59 Å². The second kappa shape index (κ2) is 5.57. The number of rotatable bonds is 4. The molecule has 0 aliphatic rings. The van der Waals surface area contributed by atoms with Gasteiger partial charge in [0.2, 0.25) is 16.9 Å². The maximum atomic E-state index is 12.6. The third-order valence-corrected chi connectivity index (χ3v) is 3.15. The lowest BCUT2D eigenvalue weighted by atomic mass is 10.2. The Labute approximate surface area is 129 Å². The fraction of sp³-hybridized carbons (Fsp3) is 0.0667. The monoisotopic (exact) mass is 319 g/mol. The van der Waals surface area contributed by atoms with Crippen LogP contribution in [0.4, 0.5) is 0 Å². The predicted octanol–water partition coefficient (Wildman–Crippen LogP) is 2.57. The van der Waals surface area contributed by atoms with Crippen molar-refractivity contribution in [1.82, 2.24) is 0 Å². The van der Waals surface area contributed by atoms with Crippen LogP contribution in [0.15, 0.2) is 50.2 Å². The van der Waals surface area contributed by atoms with Crippen molar-refractivity contribution in [3.63, 3.8) is 0 Å². The van der Waals surface area contributed by atoms with Crippen LogP contribution in [0, 0.1) is 0 Å². The van der Waals surface area contributed by atoms with Gasteiger partial charge in [-0.25, -0.2) is 0 Å². The third-order valence-electron chi connectivity index (χ3n) is 2.91. The zero-order valence-corrected chi connectivity index (χ0v) is 11.9. The minimum absolute atomic E-state index is 0.0890. The van der Waals surface area contributed by atoms with Gasteiger partial charge in [-0.15, -0.1) is 0 Å². The second-order valence-corrected chi connectivity index (χ2v) is 4.90. The van der Waals surface area contributed by atoms with Crippen LogP contribution in [0.25, 0.3) is 22.5 Å². The van der Waals surface area contributed by atoms with Crippen molar-refractivity contribution in [3.8, 4) is 17.3 Å². The van der Waals surface area contributed by atoms with Crippen LogP contribution in [0.1, 0.15) is 0 Å². The minimum atomic E-state index is -0.712. The maximum absolute atomic E-state index is 12.6. The van der Waals surface area contributed by atoms with Gasteiger partial charge in [0.25, 0.3) is 5.91 Å². The van der Waals surface area contributed by atoms with Crippen molar-refractivity contribution in [2.24, 2.45) is 5.73 Å². The average Bonchev–Trinajstić information content (AvgIpc) is 3.00. The molecule has 0 spiro atoms. The molecule has 0 radical (unpaired) electrons. The van der Waals surface area contributed by atoms with Crippen molar-refractivity contribution in [1.29, 1.82) is 0 Å². The van der Waals surface area contributed by atoms with Crippen molar-refractivity contribution < 1.29 is 18.4 Å². The molecule has 0 fully saturated rings. The summed E-state index contributed by atoms with van der Waals surface area (Å²) in [7, 11) is 0. The molecule has 3 rings (SSSR count). The molecular formula is C15H10ClNO5. The number of benzene rings is 1. The van der Waals surface area contributed by atoms with Gasteiger partial charge < -0.3 is 19.3 Å². The molecule has 112 valence electrons. The van der Waals surface area contributed by atoms with E-state index >= 15 is 0 Å². The smallest absolute Gasteiger partial charge is 0.255 e. The first-order valence-electron chi connectivity index (χ1n) is 6.27. The van der Waals surface area contributed by atoms with E-state index in [0.29, 0.717) is 16.4 Å². The molecule has 0 atom stereocenters. The van der Waals surface area contributed by atoms with E-state index < -0.39 is 17.9 Å².